The Kier molecular flexibility index (Phi) is 6.31. The van der Waals surface area contributed by atoms with Crippen LogP contribution in [-0.2, 0) is 0 Å². The molecule has 0 bridgehead atoms. The molecule has 1 saturated heterocycles. The summed E-state index contributed by atoms with van der Waals surface area (Å²) in [6.45, 7) is 6.16. The second-order valence-electron chi connectivity index (χ2n) is 7.00. The van der Waals surface area contributed by atoms with Crippen molar-refractivity contribution in [2.24, 2.45) is 0 Å². The predicted molar refractivity (Wildman–Crippen MR) is 114 cm³/mol. The zero-order valence-corrected chi connectivity index (χ0v) is 16.9. The largest absolute Gasteiger partial charge is 0.456 e. The first-order valence-corrected chi connectivity index (χ1v) is 9.95. The number of benzene rings is 1. The molecule has 0 spiro atoms. The summed E-state index contributed by atoms with van der Waals surface area (Å²) in [6.07, 6.45) is 3.38. The zero-order chi connectivity index (χ0) is 20.8. The molecule has 30 heavy (non-hydrogen) atoms. The van der Waals surface area contributed by atoms with E-state index in [4.69, 9.17) is 9.84 Å². The van der Waals surface area contributed by atoms with Crippen molar-refractivity contribution in [2.75, 3.05) is 49.5 Å². The molecule has 3 aromatic rings. The number of aryl methyl sites for hydroxylation is 1. The molecule has 9 nitrogen and oxygen atoms in total. The molecular formula is C21H25N7O2. The van der Waals surface area contributed by atoms with Gasteiger partial charge in [0.2, 0.25) is 11.9 Å². The van der Waals surface area contributed by atoms with Gasteiger partial charge in [-0.1, -0.05) is 0 Å². The van der Waals surface area contributed by atoms with E-state index in [1.54, 1.807) is 12.4 Å². The van der Waals surface area contributed by atoms with Crippen LogP contribution >= 0.6 is 0 Å². The maximum Gasteiger partial charge on any atom is 0.232 e. The Hall–Kier alpha value is -3.30. The van der Waals surface area contributed by atoms with E-state index in [2.05, 4.69) is 35.1 Å². The summed E-state index contributed by atoms with van der Waals surface area (Å²) in [4.78, 5) is 21.9. The Balaban J connectivity index is 1.41. The number of anilines is 3. The van der Waals surface area contributed by atoms with Crippen LogP contribution in [0.15, 0.2) is 48.8 Å². The second-order valence-corrected chi connectivity index (χ2v) is 7.00. The zero-order valence-electron chi connectivity index (χ0n) is 16.9. The minimum absolute atomic E-state index is 0.186. The molecule has 0 unspecified atom stereocenters. The Morgan fingerprint density at radius 1 is 1.00 bits per heavy atom. The van der Waals surface area contributed by atoms with Crippen LogP contribution in [0, 0.1) is 6.92 Å². The molecule has 1 aromatic carbocycles. The number of piperazine rings is 1. The Labute approximate surface area is 175 Å². The smallest absolute Gasteiger partial charge is 0.232 e. The fourth-order valence-electron chi connectivity index (χ4n) is 3.26. The van der Waals surface area contributed by atoms with Crippen LogP contribution < -0.4 is 15.0 Å². The maximum absolute atomic E-state index is 9.10. The number of nitrogens with zero attached hydrogens (tertiary/aromatic N) is 6. The minimum atomic E-state index is 0.186. The number of aliphatic hydroxyl groups is 1. The number of aromatic nitrogens is 4. The average molecular weight is 407 g/mol. The third-order valence-electron chi connectivity index (χ3n) is 4.79. The van der Waals surface area contributed by atoms with Gasteiger partial charge in [-0.15, -0.1) is 0 Å². The van der Waals surface area contributed by atoms with Gasteiger partial charge in [0, 0.05) is 44.6 Å². The second kappa shape index (κ2) is 9.47. The number of rotatable bonds is 7. The SMILES string of the molecule is Cc1nc(Nc2ccc(Oc3cccnc3)cc2)nc(N2CCN(CCO)CC2)n1. The van der Waals surface area contributed by atoms with Crippen molar-refractivity contribution in [3.63, 3.8) is 0 Å². The lowest BCUT2D eigenvalue weighted by Crippen LogP contribution is -2.47. The van der Waals surface area contributed by atoms with Crippen molar-refractivity contribution in [1.82, 2.24) is 24.8 Å². The number of hydrogen-bond acceptors (Lipinski definition) is 9. The van der Waals surface area contributed by atoms with E-state index in [1.165, 1.54) is 0 Å². The summed E-state index contributed by atoms with van der Waals surface area (Å²) < 4.78 is 5.77. The standard InChI is InChI=1S/C21H25N7O2/c1-16-23-20(26-21(24-16)28-11-9-27(10-12-28)13-14-29)25-17-4-6-18(7-5-17)30-19-3-2-8-22-15-19/h2-8,15,29H,9-14H2,1H3,(H,23,24,25,26). The van der Waals surface area contributed by atoms with Crippen molar-refractivity contribution >= 4 is 17.6 Å². The van der Waals surface area contributed by atoms with Crippen molar-refractivity contribution < 1.29 is 9.84 Å². The lowest BCUT2D eigenvalue weighted by molar-refractivity contribution is 0.188. The van der Waals surface area contributed by atoms with Gasteiger partial charge in [-0.3, -0.25) is 9.88 Å². The first-order valence-electron chi connectivity index (χ1n) is 9.95. The molecule has 0 saturated carbocycles. The van der Waals surface area contributed by atoms with Gasteiger partial charge in [0.05, 0.1) is 12.8 Å². The van der Waals surface area contributed by atoms with Crippen molar-refractivity contribution in [2.45, 2.75) is 6.92 Å². The van der Waals surface area contributed by atoms with Crippen LogP contribution in [0.2, 0.25) is 0 Å². The maximum atomic E-state index is 9.10. The predicted octanol–water partition coefficient (Wildman–Crippen LogP) is 2.23. The van der Waals surface area contributed by atoms with Gasteiger partial charge in [-0.25, -0.2) is 0 Å². The normalized spacial score (nSPS) is 14.5. The summed E-state index contributed by atoms with van der Waals surface area (Å²) in [7, 11) is 0. The van der Waals surface area contributed by atoms with E-state index >= 15 is 0 Å². The molecule has 2 aromatic heterocycles. The first kappa shape index (κ1) is 20.0. The van der Waals surface area contributed by atoms with Gasteiger partial charge < -0.3 is 20.1 Å². The number of β-amino-alcohol motifs (C(OH)–C–C–N with tert-alkyl or cyclic N) is 1. The first-order chi connectivity index (χ1) is 14.7. The lowest BCUT2D eigenvalue weighted by Gasteiger charge is -2.34. The molecule has 1 fully saturated rings. The van der Waals surface area contributed by atoms with Crippen LogP contribution in [0.5, 0.6) is 11.5 Å². The van der Waals surface area contributed by atoms with E-state index in [-0.39, 0.29) is 6.61 Å². The molecule has 0 aliphatic carbocycles. The van der Waals surface area contributed by atoms with E-state index in [9.17, 15) is 0 Å². The molecule has 0 amide bonds. The number of ether oxygens (including phenoxy) is 1. The number of hydrogen-bond donors (Lipinski definition) is 2. The van der Waals surface area contributed by atoms with Crippen LogP contribution in [0.3, 0.4) is 0 Å². The van der Waals surface area contributed by atoms with Gasteiger partial charge in [-0.2, -0.15) is 15.0 Å². The minimum Gasteiger partial charge on any atom is -0.456 e. The Morgan fingerprint density at radius 3 is 2.50 bits per heavy atom. The van der Waals surface area contributed by atoms with Gasteiger partial charge in [0.15, 0.2) is 0 Å². The highest BCUT2D eigenvalue weighted by Crippen LogP contribution is 2.23. The lowest BCUT2D eigenvalue weighted by atomic mass is 10.3. The number of aliphatic hydroxyl groups excluding tert-OH is 1. The van der Waals surface area contributed by atoms with E-state index < -0.39 is 0 Å². The summed E-state index contributed by atoms with van der Waals surface area (Å²) in [5, 5.41) is 12.3. The van der Waals surface area contributed by atoms with Crippen molar-refractivity contribution in [1.29, 1.82) is 0 Å². The molecule has 2 N–H and O–H groups in total. The highest BCUT2D eigenvalue weighted by Gasteiger charge is 2.19. The monoisotopic (exact) mass is 407 g/mol. The van der Waals surface area contributed by atoms with Crippen LogP contribution in [-0.4, -0.2) is 69.3 Å². The number of pyridine rings is 1. The van der Waals surface area contributed by atoms with Crippen LogP contribution in [0.25, 0.3) is 0 Å². The summed E-state index contributed by atoms with van der Waals surface area (Å²) in [6, 6.07) is 11.3. The summed E-state index contributed by atoms with van der Waals surface area (Å²) in [5.74, 6) is 3.26. The van der Waals surface area contributed by atoms with Crippen LogP contribution in [0.1, 0.15) is 5.82 Å². The highest BCUT2D eigenvalue weighted by molar-refractivity contribution is 5.55. The third kappa shape index (κ3) is 5.19. The molecule has 3 heterocycles. The third-order valence-corrected chi connectivity index (χ3v) is 4.79. The van der Waals surface area contributed by atoms with Gasteiger partial charge >= 0.3 is 0 Å². The summed E-state index contributed by atoms with van der Waals surface area (Å²) >= 11 is 0. The quantitative estimate of drug-likeness (QED) is 0.611. The Bertz CT molecular complexity index is 945. The molecular weight excluding hydrogens is 382 g/mol. The highest BCUT2D eigenvalue weighted by atomic mass is 16.5. The molecule has 1 aliphatic heterocycles. The molecule has 0 radical (unpaired) electrons. The van der Waals surface area contributed by atoms with Gasteiger partial charge in [0.1, 0.15) is 17.3 Å². The topological polar surface area (TPSA) is 99.5 Å². The molecule has 1 aliphatic rings. The van der Waals surface area contributed by atoms with E-state index in [0.29, 0.717) is 30.0 Å². The van der Waals surface area contributed by atoms with E-state index in [1.807, 2.05) is 43.3 Å². The molecule has 4 rings (SSSR count). The average Bonchev–Trinajstić information content (AvgIpc) is 2.76. The van der Waals surface area contributed by atoms with Gasteiger partial charge in [-0.05, 0) is 43.3 Å². The van der Waals surface area contributed by atoms with Crippen LogP contribution in [0.4, 0.5) is 17.6 Å². The van der Waals surface area contributed by atoms with Gasteiger partial charge in [0.25, 0.3) is 0 Å². The number of nitrogens with one attached hydrogen (secondary N) is 1. The van der Waals surface area contributed by atoms with Crippen molar-refractivity contribution in [3.05, 3.63) is 54.6 Å². The molecule has 9 heteroatoms. The van der Waals surface area contributed by atoms with E-state index in [0.717, 1.165) is 37.6 Å². The Morgan fingerprint density at radius 2 is 1.80 bits per heavy atom. The van der Waals surface area contributed by atoms with Crippen molar-refractivity contribution in [3.8, 4) is 11.5 Å². The molecule has 156 valence electrons. The fourth-order valence-corrected chi connectivity index (χ4v) is 3.26. The molecule has 0 atom stereocenters. The summed E-state index contributed by atoms with van der Waals surface area (Å²) in [5.41, 5.74) is 0.859. The fraction of sp³-hybridized carbons (Fsp3) is 0.333.